The summed E-state index contributed by atoms with van der Waals surface area (Å²) in [6, 6.07) is 5.94. The van der Waals surface area contributed by atoms with Crippen LogP contribution >= 0.6 is 0 Å². The predicted octanol–water partition coefficient (Wildman–Crippen LogP) is 0.271. The summed E-state index contributed by atoms with van der Waals surface area (Å²) in [6.07, 6.45) is -0.0229. The van der Waals surface area contributed by atoms with Crippen LogP contribution in [-0.4, -0.2) is 61.8 Å². The number of benzene rings is 1. The summed E-state index contributed by atoms with van der Waals surface area (Å²) < 4.78 is 26.3. The van der Waals surface area contributed by atoms with Crippen LogP contribution in [0.15, 0.2) is 29.2 Å². The van der Waals surface area contributed by atoms with Gasteiger partial charge in [0.15, 0.2) is 0 Å². The summed E-state index contributed by atoms with van der Waals surface area (Å²) in [7, 11) is -3.58. The Balaban J connectivity index is 2.12. The molecule has 10 heteroatoms. The Morgan fingerprint density at radius 1 is 1.22 bits per heavy atom. The zero-order valence-electron chi connectivity index (χ0n) is 15.2. The number of anilines is 1. The lowest BCUT2D eigenvalue weighted by molar-refractivity contribution is -0.138. The number of nitrogens with zero attached hydrogens (tertiary/aromatic N) is 2. The number of sulfonamides is 1. The van der Waals surface area contributed by atoms with Gasteiger partial charge >= 0.3 is 5.97 Å². The maximum atomic E-state index is 12.5. The smallest absolute Gasteiger partial charge is 0.322 e. The third-order valence-electron chi connectivity index (χ3n) is 4.40. The molecule has 148 valence electrons. The van der Waals surface area contributed by atoms with Crippen molar-refractivity contribution in [3.05, 3.63) is 24.3 Å². The normalized spacial score (nSPS) is 17.4. The van der Waals surface area contributed by atoms with Crippen molar-refractivity contribution in [2.24, 2.45) is 5.92 Å². The molecule has 0 spiro atoms. The maximum Gasteiger partial charge on any atom is 0.322 e. The number of nitrogens with one attached hydrogen (secondary N) is 1. The van der Waals surface area contributed by atoms with Crippen LogP contribution in [0, 0.1) is 5.92 Å². The van der Waals surface area contributed by atoms with E-state index in [9.17, 15) is 22.8 Å². The Hall–Kier alpha value is -2.46. The van der Waals surface area contributed by atoms with Gasteiger partial charge in [0, 0.05) is 31.7 Å². The van der Waals surface area contributed by atoms with Crippen molar-refractivity contribution in [3.8, 4) is 0 Å². The molecule has 1 heterocycles. The number of carboxylic acid groups (broad SMARTS) is 1. The number of rotatable bonds is 8. The second-order valence-electron chi connectivity index (χ2n) is 6.10. The van der Waals surface area contributed by atoms with E-state index in [1.807, 2.05) is 0 Å². The molecule has 0 bridgehead atoms. The average Bonchev–Trinajstić information content (AvgIpc) is 3.02. The summed E-state index contributed by atoms with van der Waals surface area (Å²) in [6.45, 7) is 3.85. The molecular weight excluding hydrogens is 374 g/mol. The standard InChI is InChI=1S/C17H23N3O6S/c1-3-19(4-2)27(25,26)14-7-5-13(6-8-14)20-11-12(9-15(20)21)17(24)18-10-16(22)23/h5-8,12H,3-4,9-11H2,1-2H3,(H,18,24)(H,22,23). The van der Waals surface area contributed by atoms with Gasteiger partial charge in [-0.2, -0.15) is 4.31 Å². The van der Waals surface area contributed by atoms with E-state index in [1.54, 1.807) is 13.8 Å². The van der Waals surface area contributed by atoms with Crippen LogP contribution in [0.2, 0.25) is 0 Å². The van der Waals surface area contributed by atoms with E-state index in [4.69, 9.17) is 5.11 Å². The van der Waals surface area contributed by atoms with Gasteiger partial charge < -0.3 is 15.3 Å². The fourth-order valence-electron chi connectivity index (χ4n) is 2.95. The Kier molecular flexibility index (Phi) is 6.55. The number of carbonyl (C=O) groups excluding carboxylic acids is 2. The largest absolute Gasteiger partial charge is 0.480 e. The Morgan fingerprint density at radius 3 is 2.33 bits per heavy atom. The van der Waals surface area contributed by atoms with Crippen molar-refractivity contribution < 1.29 is 27.9 Å². The van der Waals surface area contributed by atoms with E-state index in [-0.39, 0.29) is 23.8 Å². The summed E-state index contributed by atoms with van der Waals surface area (Å²) in [4.78, 5) is 36.2. The number of hydrogen-bond acceptors (Lipinski definition) is 5. The van der Waals surface area contributed by atoms with Gasteiger partial charge in [0.1, 0.15) is 6.54 Å². The molecule has 1 saturated heterocycles. The minimum atomic E-state index is -3.58. The summed E-state index contributed by atoms with van der Waals surface area (Å²) in [5, 5.41) is 10.9. The highest BCUT2D eigenvalue weighted by atomic mass is 32.2. The number of hydrogen-bond donors (Lipinski definition) is 2. The van der Waals surface area contributed by atoms with Gasteiger partial charge in [-0.25, -0.2) is 8.42 Å². The van der Waals surface area contributed by atoms with Crippen molar-refractivity contribution in [1.82, 2.24) is 9.62 Å². The molecule has 1 aromatic carbocycles. The van der Waals surface area contributed by atoms with Gasteiger partial charge in [0.2, 0.25) is 21.8 Å². The van der Waals surface area contributed by atoms with E-state index in [1.165, 1.54) is 33.5 Å². The van der Waals surface area contributed by atoms with Crippen molar-refractivity contribution in [1.29, 1.82) is 0 Å². The zero-order valence-corrected chi connectivity index (χ0v) is 16.0. The molecule has 0 aromatic heterocycles. The fraction of sp³-hybridized carbons (Fsp3) is 0.471. The molecule has 0 radical (unpaired) electrons. The molecule has 9 nitrogen and oxygen atoms in total. The summed E-state index contributed by atoms with van der Waals surface area (Å²) in [5.41, 5.74) is 0.493. The topological polar surface area (TPSA) is 124 Å². The lowest BCUT2D eigenvalue weighted by Crippen LogP contribution is -2.36. The van der Waals surface area contributed by atoms with Gasteiger partial charge in [-0.05, 0) is 24.3 Å². The Bertz CT molecular complexity index is 818. The van der Waals surface area contributed by atoms with Crippen molar-refractivity contribution in [2.45, 2.75) is 25.2 Å². The van der Waals surface area contributed by atoms with Crippen LogP contribution in [-0.2, 0) is 24.4 Å². The van der Waals surface area contributed by atoms with Crippen LogP contribution in [0.3, 0.4) is 0 Å². The number of amides is 2. The number of carbonyl (C=O) groups is 3. The molecule has 27 heavy (non-hydrogen) atoms. The molecule has 2 amide bonds. The van der Waals surface area contributed by atoms with Crippen LogP contribution in [0.4, 0.5) is 5.69 Å². The molecule has 1 aliphatic heterocycles. The monoisotopic (exact) mass is 397 g/mol. The Labute approximate surface area is 158 Å². The molecule has 1 aliphatic rings. The molecule has 0 aliphatic carbocycles. The fourth-order valence-corrected chi connectivity index (χ4v) is 4.41. The first-order chi connectivity index (χ1) is 12.7. The minimum Gasteiger partial charge on any atom is -0.480 e. The number of aliphatic carboxylic acids is 1. The summed E-state index contributed by atoms with van der Waals surface area (Å²) >= 11 is 0. The van der Waals surface area contributed by atoms with Crippen molar-refractivity contribution in [3.63, 3.8) is 0 Å². The average molecular weight is 397 g/mol. The first-order valence-electron chi connectivity index (χ1n) is 8.60. The van der Waals surface area contributed by atoms with E-state index in [0.29, 0.717) is 18.8 Å². The van der Waals surface area contributed by atoms with Crippen molar-refractivity contribution >= 4 is 33.5 Å². The lowest BCUT2D eigenvalue weighted by atomic mass is 10.1. The second kappa shape index (κ2) is 8.49. The molecule has 1 unspecified atom stereocenters. The van der Waals surface area contributed by atoms with Gasteiger partial charge in [0.25, 0.3) is 0 Å². The summed E-state index contributed by atoms with van der Waals surface area (Å²) in [5.74, 6) is -2.57. The molecule has 1 aromatic rings. The van der Waals surface area contributed by atoms with Gasteiger partial charge in [0.05, 0.1) is 10.8 Å². The highest BCUT2D eigenvalue weighted by Crippen LogP contribution is 2.27. The highest BCUT2D eigenvalue weighted by molar-refractivity contribution is 7.89. The first kappa shape index (κ1) is 20.8. The van der Waals surface area contributed by atoms with Crippen molar-refractivity contribution in [2.75, 3.05) is 31.1 Å². The molecular formula is C17H23N3O6S. The third-order valence-corrected chi connectivity index (χ3v) is 6.47. The van der Waals surface area contributed by atoms with Gasteiger partial charge in [-0.1, -0.05) is 13.8 Å². The minimum absolute atomic E-state index is 0.0229. The quantitative estimate of drug-likeness (QED) is 0.649. The predicted molar refractivity (Wildman–Crippen MR) is 97.7 cm³/mol. The van der Waals surface area contributed by atoms with E-state index in [0.717, 1.165) is 0 Å². The van der Waals surface area contributed by atoms with E-state index >= 15 is 0 Å². The SMILES string of the molecule is CCN(CC)S(=O)(=O)c1ccc(N2CC(C(=O)NCC(=O)O)CC2=O)cc1. The van der Waals surface area contributed by atoms with Gasteiger partial charge in [-0.15, -0.1) is 0 Å². The zero-order chi connectivity index (χ0) is 20.2. The van der Waals surface area contributed by atoms with Crippen LogP contribution in [0.5, 0.6) is 0 Å². The van der Waals surface area contributed by atoms with E-state index in [2.05, 4.69) is 5.32 Å². The Morgan fingerprint density at radius 2 is 1.81 bits per heavy atom. The second-order valence-corrected chi connectivity index (χ2v) is 8.04. The molecule has 0 saturated carbocycles. The van der Waals surface area contributed by atoms with Crippen LogP contribution < -0.4 is 10.2 Å². The van der Waals surface area contributed by atoms with Gasteiger partial charge in [-0.3, -0.25) is 14.4 Å². The van der Waals surface area contributed by atoms with E-state index < -0.39 is 34.4 Å². The van der Waals surface area contributed by atoms with Crippen LogP contribution in [0.25, 0.3) is 0 Å². The number of carboxylic acids is 1. The molecule has 1 atom stereocenters. The third kappa shape index (κ3) is 4.64. The molecule has 2 N–H and O–H groups in total. The molecule has 1 fully saturated rings. The lowest BCUT2D eigenvalue weighted by Gasteiger charge is -2.20. The first-order valence-corrected chi connectivity index (χ1v) is 10.0. The maximum absolute atomic E-state index is 12.5. The highest BCUT2D eigenvalue weighted by Gasteiger charge is 2.35. The molecule has 2 rings (SSSR count). The van der Waals surface area contributed by atoms with Crippen LogP contribution in [0.1, 0.15) is 20.3 Å².